The highest BCUT2D eigenvalue weighted by atomic mass is 79.9. The van der Waals surface area contributed by atoms with Crippen LogP contribution in [0.2, 0.25) is 0 Å². The highest BCUT2D eigenvalue weighted by Crippen LogP contribution is 2.11. The number of halogens is 1. The number of amides is 1. The molecule has 0 aliphatic heterocycles. The predicted molar refractivity (Wildman–Crippen MR) is 61.1 cm³/mol. The molecule has 0 saturated heterocycles. The van der Waals surface area contributed by atoms with E-state index in [9.17, 15) is 4.79 Å². The van der Waals surface area contributed by atoms with Crippen molar-refractivity contribution in [3.63, 3.8) is 0 Å². The second-order valence-electron chi connectivity index (χ2n) is 3.16. The average molecular weight is 282 g/mol. The van der Waals surface area contributed by atoms with Gasteiger partial charge in [-0.1, -0.05) is 5.16 Å². The SMILES string of the molecule is Cc1cc(NC(=O)c2ccc(Br)nc2)on1. The topological polar surface area (TPSA) is 68.0 Å². The third-order valence-corrected chi connectivity index (χ3v) is 2.32. The Morgan fingerprint density at radius 2 is 2.31 bits per heavy atom. The van der Waals surface area contributed by atoms with E-state index in [0.717, 1.165) is 0 Å². The number of pyridine rings is 1. The highest BCUT2D eigenvalue weighted by molar-refractivity contribution is 9.10. The van der Waals surface area contributed by atoms with E-state index >= 15 is 0 Å². The van der Waals surface area contributed by atoms with Crippen molar-refractivity contribution in [3.05, 3.63) is 40.3 Å². The molecule has 0 aliphatic carbocycles. The van der Waals surface area contributed by atoms with E-state index in [1.807, 2.05) is 0 Å². The van der Waals surface area contributed by atoms with Crippen LogP contribution in [0.3, 0.4) is 0 Å². The number of aromatic nitrogens is 2. The summed E-state index contributed by atoms with van der Waals surface area (Å²) >= 11 is 3.19. The van der Waals surface area contributed by atoms with Crippen molar-refractivity contribution in [2.75, 3.05) is 5.32 Å². The summed E-state index contributed by atoms with van der Waals surface area (Å²) in [5, 5.41) is 6.24. The molecule has 0 aromatic carbocycles. The molecule has 2 aromatic heterocycles. The molecule has 0 atom stereocenters. The van der Waals surface area contributed by atoms with Crippen molar-refractivity contribution in [1.82, 2.24) is 10.1 Å². The molecule has 0 spiro atoms. The Bertz CT molecular complexity index is 507. The average Bonchev–Trinajstić information content (AvgIpc) is 2.65. The van der Waals surface area contributed by atoms with Gasteiger partial charge in [0.1, 0.15) is 4.60 Å². The third-order valence-electron chi connectivity index (χ3n) is 1.85. The highest BCUT2D eigenvalue weighted by Gasteiger charge is 2.09. The number of rotatable bonds is 2. The normalized spacial score (nSPS) is 10.1. The Morgan fingerprint density at radius 3 is 2.88 bits per heavy atom. The minimum Gasteiger partial charge on any atom is -0.338 e. The first-order valence-corrected chi connectivity index (χ1v) is 5.30. The van der Waals surface area contributed by atoms with Gasteiger partial charge < -0.3 is 4.52 Å². The zero-order chi connectivity index (χ0) is 11.5. The van der Waals surface area contributed by atoms with Crippen LogP contribution in [0.4, 0.5) is 5.88 Å². The molecule has 5 nitrogen and oxygen atoms in total. The lowest BCUT2D eigenvalue weighted by molar-refractivity contribution is 0.102. The van der Waals surface area contributed by atoms with Crippen LogP contribution in [0.15, 0.2) is 33.5 Å². The quantitative estimate of drug-likeness (QED) is 0.859. The maximum atomic E-state index is 11.7. The molecular formula is C10H8BrN3O2. The van der Waals surface area contributed by atoms with Crippen LogP contribution in [0, 0.1) is 6.92 Å². The molecule has 2 aromatic rings. The number of nitrogens with one attached hydrogen (secondary N) is 1. The summed E-state index contributed by atoms with van der Waals surface area (Å²) in [4.78, 5) is 15.6. The second kappa shape index (κ2) is 4.44. The number of aryl methyl sites for hydroxylation is 1. The first kappa shape index (κ1) is 10.8. The van der Waals surface area contributed by atoms with Gasteiger partial charge in [0.15, 0.2) is 0 Å². The Balaban J connectivity index is 2.11. The van der Waals surface area contributed by atoms with Gasteiger partial charge >= 0.3 is 0 Å². The fraction of sp³-hybridized carbons (Fsp3) is 0.100. The molecule has 0 unspecified atom stereocenters. The maximum absolute atomic E-state index is 11.7. The van der Waals surface area contributed by atoms with Gasteiger partial charge in [-0.25, -0.2) is 4.98 Å². The van der Waals surface area contributed by atoms with E-state index < -0.39 is 0 Å². The van der Waals surface area contributed by atoms with Gasteiger partial charge in [0.05, 0.1) is 11.3 Å². The van der Waals surface area contributed by atoms with E-state index in [2.05, 4.69) is 31.4 Å². The number of anilines is 1. The lowest BCUT2D eigenvalue weighted by atomic mass is 10.3. The molecule has 1 N–H and O–H groups in total. The van der Waals surface area contributed by atoms with Gasteiger partial charge in [0, 0.05) is 12.3 Å². The zero-order valence-electron chi connectivity index (χ0n) is 8.40. The Labute approximate surface area is 100.0 Å². The summed E-state index contributed by atoms with van der Waals surface area (Å²) in [6, 6.07) is 5.00. The predicted octanol–water partition coefficient (Wildman–Crippen LogP) is 2.39. The maximum Gasteiger partial charge on any atom is 0.259 e. The van der Waals surface area contributed by atoms with Crippen molar-refractivity contribution in [1.29, 1.82) is 0 Å². The van der Waals surface area contributed by atoms with Gasteiger partial charge in [-0.05, 0) is 35.0 Å². The lowest BCUT2D eigenvalue weighted by Crippen LogP contribution is -2.11. The van der Waals surface area contributed by atoms with Crippen LogP contribution in [-0.2, 0) is 0 Å². The molecule has 16 heavy (non-hydrogen) atoms. The van der Waals surface area contributed by atoms with Gasteiger partial charge in [0.25, 0.3) is 5.91 Å². The number of hydrogen-bond acceptors (Lipinski definition) is 4. The number of nitrogens with zero attached hydrogens (tertiary/aromatic N) is 2. The van der Waals surface area contributed by atoms with Gasteiger partial charge in [-0.2, -0.15) is 0 Å². The monoisotopic (exact) mass is 281 g/mol. The summed E-state index contributed by atoms with van der Waals surface area (Å²) in [6.45, 7) is 1.78. The van der Waals surface area contributed by atoms with Gasteiger partial charge in [0.2, 0.25) is 5.88 Å². The van der Waals surface area contributed by atoms with Crippen molar-refractivity contribution in [2.45, 2.75) is 6.92 Å². The van der Waals surface area contributed by atoms with E-state index in [0.29, 0.717) is 21.7 Å². The zero-order valence-corrected chi connectivity index (χ0v) is 9.98. The van der Waals surface area contributed by atoms with Crippen molar-refractivity contribution in [3.8, 4) is 0 Å². The third kappa shape index (κ3) is 2.46. The van der Waals surface area contributed by atoms with Crippen LogP contribution in [-0.4, -0.2) is 16.0 Å². The minimum absolute atomic E-state index is 0.281. The Morgan fingerprint density at radius 1 is 1.50 bits per heavy atom. The molecule has 82 valence electrons. The molecule has 0 aliphatic rings. The van der Waals surface area contributed by atoms with Crippen LogP contribution in [0.25, 0.3) is 0 Å². The van der Waals surface area contributed by atoms with Crippen molar-refractivity contribution >= 4 is 27.7 Å². The first-order chi connectivity index (χ1) is 7.65. The Hall–Kier alpha value is -1.69. The smallest absolute Gasteiger partial charge is 0.259 e. The molecule has 1 amide bonds. The van der Waals surface area contributed by atoms with Gasteiger partial charge in [-0.3, -0.25) is 10.1 Å². The van der Waals surface area contributed by atoms with E-state index in [4.69, 9.17) is 4.52 Å². The number of carbonyl (C=O) groups is 1. The molecule has 2 heterocycles. The molecule has 0 bridgehead atoms. The summed E-state index contributed by atoms with van der Waals surface area (Å²) in [6.07, 6.45) is 1.47. The fourth-order valence-corrected chi connectivity index (χ4v) is 1.35. The van der Waals surface area contributed by atoms with Crippen LogP contribution in [0.5, 0.6) is 0 Å². The molecule has 0 saturated carbocycles. The molecular weight excluding hydrogens is 274 g/mol. The molecule has 6 heteroatoms. The summed E-state index contributed by atoms with van der Waals surface area (Å²) in [5.41, 5.74) is 1.17. The van der Waals surface area contributed by atoms with E-state index in [1.54, 1.807) is 25.1 Å². The lowest BCUT2D eigenvalue weighted by Gasteiger charge is -2.00. The van der Waals surface area contributed by atoms with Crippen LogP contribution < -0.4 is 5.32 Å². The summed E-state index contributed by atoms with van der Waals surface area (Å²) < 4.78 is 5.55. The first-order valence-electron chi connectivity index (χ1n) is 4.51. The largest absolute Gasteiger partial charge is 0.338 e. The fourth-order valence-electron chi connectivity index (χ4n) is 1.12. The van der Waals surface area contributed by atoms with Crippen LogP contribution in [0.1, 0.15) is 16.1 Å². The standard InChI is InChI=1S/C10H8BrN3O2/c1-6-4-9(16-14-6)13-10(15)7-2-3-8(11)12-5-7/h2-5H,1H3,(H,13,15). The molecule has 0 radical (unpaired) electrons. The summed E-state index contributed by atoms with van der Waals surface area (Å²) in [5.74, 6) is 0.0431. The van der Waals surface area contributed by atoms with E-state index in [1.165, 1.54) is 6.20 Å². The van der Waals surface area contributed by atoms with Gasteiger partial charge in [-0.15, -0.1) is 0 Å². The summed E-state index contributed by atoms with van der Waals surface area (Å²) in [7, 11) is 0. The second-order valence-corrected chi connectivity index (χ2v) is 3.97. The van der Waals surface area contributed by atoms with Crippen molar-refractivity contribution in [2.24, 2.45) is 0 Å². The molecule has 0 fully saturated rings. The molecule has 2 rings (SSSR count). The number of carbonyl (C=O) groups excluding carboxylic acids is 1. The van der Waals surface area contributed by atoms with Crippen LogP contribution >= 0.6 is 15.9 Å². The Kier molecular flexibility index (Phi) is 3.00. The minimum atomic E-state index is -0.281. The van der Waals surface area contributed by atoms with Crippen molar-refractivity contribution < 1.29 is 9.32 Å². The van der Waals surface area contributed by atoms with E-state index in [-0.39, 0.29) is 5.91 Å². The number of hydrogen-bond donors (Lipinski definition) is 1.